The summed E-state index contributed by atoms with van der Waals surface area (Å²) in [5.74, 6) is -0.388. The number of carbonyl (C=O) groups excluding carboxylic acids is 1. The third kappa shape index (κ3) is 5.36. The summed E-state index contributed by atoms with van der Waals surface area (Å²) in [6, 6.07) is 16.8. The molecule has 1 aliphatic heterocycles. The Labute approximate surface area is 173 Å². The second kappa shape index (κ2) is 9.41. The minimum Gasteiger partial charge on any atom is -0.373 e. The van der Waals surface area contributed by atoms with E-state index in [1.165, 1.54) is 4.31 Å². The van der Waals surface area contributed by atoms with Gasteiger partial charge < -0.3 is 10.2 Å². The molecule has 0 aromatic heterocycles. The lowest BCUT2D eigenvalue weighted by Gasteiger charge is -2.31. The molecule has 0 unspecified atom stereocenters. The minimum absolute atomic E-state index is 0.0738. The molecule has 0 aliphatic carbocycles. The van der Waals surface area contributed by atoms with Crippen LogP contribution in [0.25, 0.3) is 0 Å². The molecular formula is C22H29N3O3S. The summed E-state index contributed by atoms with van der Waals surface area (Å²) in [6.45, 7) is 3.82. The van der Waals surface area contributed by atoms with E-state index >= 15 is 0 Å². The van der Waals surface area contributed by atoms with Gasteiger partial charge in [0.15, 0.2) is 0 Å². The third-order valence-corrected chi connectivity index (χ3v) is 7.24. The Morgan fingerprint density at radius 2 is 1.83 bits per heavy atom. The van der Waals surface area contributed by atoms with Gasteiger partial charge >= 0.3 is 0 Å². The molecular weight excluding hydrogens is 386 g/mol. The average Bonchev–Trinajstić information content (AvgIpc) is 2.74. The summed E-state index contributed by atoms with van der Waals surface area (Å²) in [5, 5.41) is 2.97. The molecule has 1 fully saturated rings. The van der Waals surface area contributed by atoms with Crippen molar-refractivity contribution >= 4 is 21.6 Å². The highest BCUT2D eigenvalue weighted by Gasteiger charge is 2.33. The van der Waals surface area contributed by atoms with Crippen molar-refractivity contribution in [3.05, 3.63) is 60.2 Å². The van der Waals surface area contributed by atoms with E-state index in [-0.39, 0.29) is 23.3 Å². The number of benzene rings is 2. The Morgan fingerprint density at radius 3 is 2.52 bits per heavy atom. The van der Waals surface area contributed by atoms with E-state index in [1.54, 1.807) is 24.3 Å². The zero-order chi connectivity index (χ0) is 20.9. The molecule has 6 nitrogen and oxygen atoms in total. The second-order valence-corrected chi connectivity index (χ2v) is 9.50. The summed E-state index contributed by atoms with van der Waals surface area (Å²) in [5.41, 5.74) is 2.11. The highest BCUT2D eigenvalue weighted by atomic mass is 32.2. The first-order valence-corrected chi connectivity index (χ1v) is 11.4. The lowest BCUT2D eigenvalue weighted by atomic mass is 9.99. The van der Waals surface area contributed by atoms with Crippen LogP contribution in [-0.2, 0) is 14.8 Å². The fourth-order valence-electron chi connectivity index (χ4n) is 3.54. The normalized spacial score (nSPS) is 17.7. The summed E-state index contributed by atoms with van der Waals surface area (Å²) in [6.07, 6.45) is 1.40. The molecule has 0 bridgehead atoms. The van der Waals surface area contributed by atoms with E-state index in [9.17, 15) is 13.2 Å². The maximum Gasteiger partial charge on any atom is 0.243 e. The second-order valence-electron chi connectivity index (χ2n) is 7.56. The number of aryl methyl sites for hydroxylation is 1. The van der Waals surface area contributed by atoms with E-state index in [2.05, 4.69) is 10.2 Å². The SMILES string of the molecule is Cc1ccc(S(=O)(=O)N2CCC[C@@H](C(=O)NCCN(C)c3ccccc3)C2)cc1. The molecule has 0 spiro atoms. The maximum absolute atomic E-state index is 12.9. The van der Waals surface area contributed by atoms with E-state index in [0.29, 0.717) is 32.5 Å². The fourth-order valence-corrected chi connectivity index (χ4v) is 5.06. The van der Waals surface area contributed by atoms with Crippen LogP contribution in [0.2, 0.25) is 0 Å². The molecule has 2 aromatic carbocycles. The van der Waals surface area contributed by atoms with Crippen LogP contribution in [0.1, 0.15) is 18.4 Å². The van der Waals surface area contributed by atoms with Crippen LogP contribution < -0.4 is 10.2 Å². The molecule has 1 heterocycles. The first-order chi connectivity index (χ1) is 13.9. The van der Waals surface area contributed by atoms with Crippen LogP contribution in [0, 0.1) is 12.8 Å². The van der Waals surface area contributed by atoms with Crippen LogP contribution in [0.3, 0.4) is 0 Å². The predicted molar refractivity (Wildman–Crippen MR) is 115 cm³/mol. The number of hydrogen-bond donors (Lipinski definition) is 1. The molecule has 1 saturated heterocycles. The highest BCUT2D eigenvalue weighted by Crippen LogP contribution is 2.24. The van der Waals surface area contributed by atoms with Gasteiger partial charge in [-0.3, -0.25) is 4.79 Å². The van der Waals surface area contributed by atoms with Gasteiger partial charge in [-0.2, -0.15) is 4.31 Å². The molecule has 0 saturated carbocycles. The highest BCUT2D eigenvalue weighted by molar-refractivity contribution is 7.89. The zero-order valence-corrected chi connectivity index (χ0v) is 17.9. The van der Waals surface area contributed by atoms with E-state index in [4.69, 9.17) is 0 Å². The molecule has 156 valence electrons. The maximum atomic E-state index is 12.9. The molecule has 1 N–H and O–H groups in total. The van der Waals surface area contributed by atoms with Crippen LogP contribution >= 0.6 is 0 Å². The molecule has 2 aromatic rings. The van der Waals surface area contributed by atoms with Crippen molar-refractivity contribution < 1.29 is 13.2 Å². The number of nitrogens with one attached hydrogen (secondary N) is 1. The number of sulfonamides is 1. The van der Waals surface area contributed by atoms with Gasteiger partial charge in [-0.05, 0) is 44.0 Å². The van der Waals surface area contributed by atoms with E-state index < -0.39 is 10.0 Å². The van der Waals surface area contributed by atoms with Crippen molar-refractivity contribution in [1.82, 2.24) is 9.62 Å². The average molecular weight is 416 g/mol. The van der Waals surface area contributed by atoms with E-state index in [0.717, 1.165) is 11.3 Å². The Hall–Kier alpha value is -2.38. The van der Waals surface area contributed by atoms with Gasteiger partial charge in [0, 0.05) is 38.9 Å². The van der Waals surface area contributed by atoms with Crippen molar-refractivity contribution in [2.45, 2.75) is 24.7 Å². The molecule has 1 aliphatic rings. The number of nitrogens with zero attached hydrogens (tertiary/aromatic N) is 2. The first-order valence-electron chi connectivity index (χ1n) is 9.98. The van der Waals surface area contributed by atoms with Crippen molar-refractivity contribution in [1.29, 1.82) is 0 Å². The Kier molecular flexibility index (Phi) is 6.92. The monoisotopic (exact) mass is 415 g/mol. The number of hydrogen-bond acceptors (Lipinski definition) is 4. The molecule has 1 amide bonds. The molecule has 0 radical (unpaired) electrons. The van der Waals surface area contributed by atoms with Gasteiger partial charge in [-0.1, -0.05) is 35.9 Å². The van der Waals surface area contributed by atoms with Crippen LogP contribution in [0.5, 0.6) is 0 Å². The Bertz CT molecular complexity index is 914. The number of piperidine rings is 1. The summed E-state index contributed by atoms with van der Waals surface area (Å²) in [7, 11) is -1.59. The fraction of sp³-hybridized carbons (Fsp3) is 0.409. The number of para-hydroxylation sites is 1. The van der Waals surface area contributed by atoms with E-state index in [1.807, 2.05) is 44.3 Å². The molecule has 29 heavy (non-hydrogen) atoms. The standard InChI is InChI=1S/C22H29N3O3S/c1-18-10-12-21(13-11-18)29(27,28)25-15-6-7-19(17-25)22(26)23-14-16-24(2)20-8-4-3-5-9-20/h3-5,8-13,19H,6-7,14-17H2,1-2H3,(H,23,26)/t19-/m1/s1. The van der Waals surface area contributed by atoms with Gasteiger partial charge in [0.2, 0.25) is 15.9 Å². The van der Waals surface area contributed by atoms with Crippen molar-refractivity contribution in [2.24, 2.45) is 5.92 Å². The third-order valence-electron chi connectivity index (χ3n) is 5.36. The van der Waals surface area contributed by atoms with Gasteiger partial charge in [0.05, 0.1) is 10.8 Å². The molecule has 3 rings (SSSR count). The van der Waals surface area contributed by atoms with Crippen LogP contribution in [0.15, 0.2) is 59.5 Å². The van der Waals surface area contributed by atoms with Crippen molar-refractivity contribution in [2.75, 3.05) is 38.1 Å². The number of anilines is 1. The summed E-state index contributed by atoms with van der Waals surface area (Å²) < 4.78 is 27.3. The minimum atomic E-state index is -3.57. The van der Waals surface area contributed by atoms with Crippen LogP contribution in [0.4, 0.5) is 5.69 Å². The number of carbonyl (C=O) groups is 1. The van der Waals surface area contributed by atoms with Crippen LogP contribution in [-0.4, -0.2) is 51.9 Å². The summed E-state index contributed by atoms with van der Waals surface area (Å²) in [4.78, 5) is 15.0. The zero-order valence-electron chi connectivity index (χ0n) is 17.0. The van der Waals surface area contributed by atoms with Crippen molar-refractivity contribution in [3.63, 3.8) is 0 Å². The number of likely N-dealkylation sites (N-methyl/N-ethyl adjacent to an activating group) is 1. The lowest BCUT2D eigenvalue weighted by molar-refractivity contribution is -0.126. The van der Waals surface area contributed by atoms with Gasteiger partial charge in [0.25, 0.3) is 0 Å². The largest absolute Gasteiger partial charge is 0.373 e. The number of amides is 1. The predicted octanol–water partition coefficient (Wildman–Crippen LogP) is 2.65. The number of rotatable bonds is 7. The lowest BCUT2D eigenvalue weighted by Crippen LogP contribution is -2.46. The molecule has 7 heteroatoms. The Balaban J connectivity index is 1.54. The van der Waals surface area contributed by atoms with Gasteiger partial charge in [-0.15, -0.1) is 0 Å². The van der Waals surface area contributed by atoms with Gasteiger partial charge in [-0.25, -0.2) is 8.42 Å². The summed E-state index contributed by atoms with van der Waals surface area (Å²) >= 11 is 0. The Morgan fingerprint density at radius 1 is 1.14 bits per heavy atom. The molecule has 1 atom stereocenters. The van der Waals surface area contributed by atoms with Crippen molar-refractivity contribution in [3.8, 4) is 0 Å². The quantitative estimate of drug-likeness (QED) is 0.755. The smallest absolute Gasteiger partial charge is 0.243 e. The van der Waals surface area contributed by atoms with Gasteiger partial charge in [0.1, 0.15) is 0 Å². The first kappa shape index (κ1) is 21.3. The topological polar surface area (TPSA) is 69.7 Å².